The summed E-state index contributed by atoms with van der Waals surface area (Å²) < 4.78 is 14.9. The lowest BCUT2D eigenvalue weighted by Gasteiger charge is -2.16. The molecule has 1 heterocycles. The Hall–Kier alpha value is -0.230. The normalized spacial score (nSPS) is 12.6. The zero-order chi connectivity index (χ0) is 13.8. The highest BCUT2D eigenvalue weighted by Gasteiger charge is 2.14. The minimum absolute atomic E-state index is 0.220. The largest absolute Gasteiger partial charge is 0.309 e. The van der Waals surface area contributed by atoms with Crippen molar-refractivity contribution < 1.29 is 4.39 Å². The van der Waals surface area contributed by atoms with Gasteiger partial charge in [-0.1, -0.05) is 13.0 Å². The third kappa shape index (κ3) is 4.12. The summed E-state index contributed by atoms with van der Waals surface area (Å²) in [5.74, 6) is -0.220. The Morgan fingerprint density at radius 2 is 2.05 bits per heavy atom. The quantitative estimate of drug-likeness (QED) is 0.709. The van der Waals surface area contributed by atoms with Crippen LogP contribution in [0.3, 0.4) is 0 Å². The van der Waals surface area contributed by atoms with Gasteiger partial charge in [-0.3, -0.25) is 0 Å². The molecule has 0 saturated carbocycles. The average molecular weight is 407 g/mol. The van der Waals surface area contributed by atoms with Gasteiger partial charge in [0.05, 0.1) is 8.26 Å². The first-order chi connectivity index (χ1) is 9.10. The van der Waals surface area contributed by atoms with E-state index >= 15 is 0 Å². The minimum Gasteiger partial charge on any atom is -0.309 e. The maximum absolute atomic E-state index is 13.2. The molecule has 0 spiro atoms. The first kappa shape index (κ1) is 15.2. The van der Waals surface area contributed by atoms with Crippen LogP contribution in [0.2, 0.25) is 0 Å². The van der Waals surface area contributed by atoms with Gasteiger partial charge in [0, 0.05) is 10.9 Å². The van der Waals surface area contributed by atoms with Crippen molar-refractivity contribution in [2.24, 2.45) is 0 Å². The molecule has 0 fully saturated rings. The van der Waals surface area contributed by atoms with E-state index in [-0.39, 0.29) is 11.9 Å². The van der Waals surface area contributed by atoms with Gasteiger partial charge in [-0.2, -0.15) is 0 Å². The number of hydrogen-bond donors (Lipinski definition) is 1. The molecule has 0 radical (unpaired) electrons. The number of likely N-dealkylation sites (N-methyl/N-ethyl adjacent to an activating group) is 1. The van der Waals surface area contributed by atoms with Crippen molar-refractivity contribution in [3.8, 4) is 0 Å². The number of hydrogen-bond acceptors (Lipinski definition) is 2. The predicted molar refractivity (Wildman–Crippen MR) is 86.2 cm³/mol. The van der Waals surface area contributed by atoms with Gasteiger partial charge in [0.25, 0.3) is 0 Å². The van der Waals surface area contributed by atoms with Crippen molar-refractivity contribution in [1.29, 1.82) is 0 Å². The molecule has 0 bridgehead atoms. The predicted octanol–water partition coefficient (Wildman–Crippen LogP) is 5.31. The van der Waals surface area contributed by atoms with Crippen LogP contribution in [0.25, 0.3) is 0 Å². The van der Waals surface area contributed by atoms with Crippen LogP contribution in [0, 0.1) is 5.82 Å². The van der Waals surface area contributed by atoms with Crippen LogP contribution in [0.1, 0.15) is 23.4 Å². The van der Waals surface area contributed by atoms with Crippen molar-refractivity contribution in [1.82, 2.24) is 5.32 Å². The topological polar surface area (TPSA) is 12.0 Å². The van der Waals surface area contributed by atoms with E-state index in [0.29, 0.717) is 4.47 Å². The van der Waals surface area contributed by atoms with Crippen LogP contribution in [0.15, 0.2) is 38.6 Å². The Bertz CT molecular complexity index is 556. The zero-order valence-electron chi connectivity index (χ0n) is 10.4. The van der Waals surface area contributed by atoms with Gasteiger partial charge >= 0.3 is 0 Å². The fraction of sp³-hybridized carbons (Fsp3) is 0.286. The van der Waals surface area contributed by atoms with E-state index in [1.54, 1.807) is 11.3 Å². The van der Waals surface area contributed by atoms with Gasteiger partial charge < -0.3 is 5.32 Å². The van der Waals surface area contributed by atoms with Crippen LogP contribution < -0.4 is 5.32 Å². The molecule has 2 aromatic rings. The van der Waals surface area contributed by atoms with Gasteiger partial charge in [-0.05, 0) is 74.7 Å². The molecule has 19 heavy (non-hydrogen) atoms. The number of rotatable bonds is 5. The Morgan fingerprint density at radius 1 is 1.26 bits per heavy atom. The van der Waals surface area contributed by atoms with Crippen LogP contribution in [-0.2, 0) is 6.42 Å². The molecule has 1 nitrogen and oxygen atoms in total. The molecule has 1 unspecified atom stereocenters. The first-order valence-electron chi connectivity index (χ1n) is 6.02. The monoisotopic (exact) mass is 405 g/mol. The molecule has 1 aromatic heterocycles. The molecule has 1 N–H and O–H groups in total. The van der Waals surface area contributed by atoms with Crippen LogP contribution in [0.5, 0.6) is 0 Å². The number of thiophene rings is 1. The van der Waals surface area contributed by atoms with E-state index < -0.39 is 0 Å². The molecule has 1 aromatic carbocycles. The summed E-state index contributed by atoms with van der Waals surface area (Å²) in [5, 5.41) is 3.48. The molecule has 0 aliphatic heterocycles. The standard InChI is InChI=1S/C14H14Br2FNS/c1-2-18-12(13-5-6-14(16)19-13)8-9-3-4-11(17)10(15)7-9/h3-7,12,18H,2,8H2,1H3. The molecule has 2 rings (SSSR count). The molecular weight excluding hydrogens is 393 g/mol. The molecule has 1 atom stereocenters. The van der Waals surface area contributed by atoms with E-state index in [4.69, 9.17) is 0 Å². The Morgan fingerprint density at radius 3 is 2.63 bits per heavy atom. The van der Waals surface area contributed by atoms with Gasteiger partial charge in [0.1, 0.15) is 5.82 Å². The van der Waals surface area contributed by atoms with E-state index in [0.717, 1.165) is 22.3 Å². The van der Waals surface area contributed by atoms with E-state index in [1.807, 2.05) is 12.1 Å². The van der Waals surface area contributed by atoms with Gasteiger partial charge in [0.2, 0.25) is 0 Å². The maximum atomic E-state index is 13.2. The van der Waals surface area contributed by atoms with Crippen molar-refractivity contribution in [3.63, 3.8) is 0 Å². The van der Waals surface area contributed by atoms with E-state index in [2.05, 4.69) is 56.2 Å². The van der Waals surface area contributed by atoms with Gasteiger partial charge in [-0.25, -0.2) is 4.39 Å². The molecule has 0 amide bonds. The molecule has 0 aliphatic rings. The number of benzene rings is 1. The number of halogens is 3. The summed E-state index contributed by atoms with van der Waals surface area (Å²) in [5.41, 5.74) is 1.11. The Kier molecular flexibility index (Phi) is 5.57. The third-order valence-corrected chi connectivity index (χ3v) is 5.16. The zero-order valence-corrected chi connectivity index (χ0v) is 14.4. The summed E-state index contributed by atoms with van der Waals surface area (Å²) in [4.78, 5) is 1.29. The number of nitrogens with one attached hydrogen (secondary N) is 1. The lowest BCUT2D eigenvalue weighted by molar-refractivity contribution is 0.556. The van der Waals surface area contributed by atoms with Crippen molar-refractivity contribution in [3.05, 3.63) is 54.8 Å². The summed E-state index contributed by atoms with van der Waals surface area (Å²) in [6.45, 7) is 3.00. The molecule has 0 aliphatic carbocycles. The highest BCUT2D eigenvalue weighted by Crippen LogP contribution is 2.30. The molecule has 0 saturated heterocycles. The highest BCUT2D eigenvalue weighted by atomic mass is 79.9. The minimum atomic E-state index is -0.220. The van der Waals surface area contributed by atoms with E-state index in [9.17, 15) is 4.39 Å². The van der Waals surface area contributed by atoms with Crippen molar-refractivity contribution in [2.75, 3.05) is 6.54 Å². The summed E-state index contributed by atoms with van der Waals surface area (Å²) in [7, 11) is 0. The highest BCUT2D eigenvalue weighted by molar-refractivity contribution is 9.11. The van der Waals surface area contributed by atoms with Gasteiger partial charge in [-0.15, -0.1) is 11.3 Å². The fourth-order valence-corrected chi connectivity index (χ4v) is 3.86. The second-order valence-electron chi connectivity index (χ2n) is 4.20. The summed E-state index contributed by atoms with van der Waals surface area (Å²) in [6, 6.07) is 9.65. The second kappa shape index (κ2) is 6.97. The third-order valence-electron chi connectivity index (χ3n) is 2.81. The lowest BCUT2D eigenvalue weighted by atomic mass is 10.0. The van der Waals surface area contributed by atoms with Crippen molar-refractivity contribution >= 4 is 43.2 Å². The fourth-order valence-electron chi connectivity index (χ4n) is 1.94. The first-order valence-corrected chi connectivity index (χ1v) is 8.43. The molecule has 102 valence electrons. The average Bonchev–Trinajstić information content (AvgIpc) is 2.80. The maximum Gasteiger partial charge on any atom is 0.137 e. The molecule has 5 heteroatoms. The Labute approximate surface area is 133 Å². The molecular formula is C14H14Br2FNS. The lowest BCUT2D eigenvalue weighted by Crippen LogP contribution is -2.22. The SMILES string of the molecule is CCNC(Cc1ccc(F)c(Br)c1)c1ccc(Br)s1. The smallest absolute Gasteiger partial charge is 0.137 e. The summed E-state index contributed by atoms with van der Waals surface area (Å²) >= 11 is 8.46. The second-order valence-corrected chi connectivity index (χ2v) is 7.55. The Balaban J connectivity index is 2.18. The van der Waals surface area contributed by atoms with Crippen molar-refractivity contribution in [2.45, 2.75) is 19.4 Å². The summed E-state index contributed by atoms with van der Waals surface area (Å²) in [6.07, 6.45) is 0.847. The van der Waals surface area contributed by atoms with Crippen LogP contribution >= 0.6 is 43.2 Å². The van der Waals surface area contributed by atoms with Gasteiger partial charge in [0.15, 0.2) is 0 Å². The van der Waals surface area contributed by atoms with Crippen LogP contribution in [-0.4, -0.2) is 6.54 Å². The van der Waals surface area contributed by atoms with Crippen LogP contribution in [0.4, 0.5) is 4.39 Å². The van der Waals surface area contributed by atoms with E-state index in [1.165, 1.54) is 10.9 Å².